The summed E-state index contributed by atoms with van der Waals surface area (Å²) in [6.07, 6.45) is 7.32. The Kier molecular flexibility index (Phi) is 3.83. The first-order valence-corrected chi connectivity index (χ1v) is 7.99. The molecule has 1 aliphatic rings. The number of fused-ring (bicyclic) bond motifs is 1. The molecule has 1 aromatic heterocycles. The van der Waals surface area contributed by atoms with Gasteiger partial charge < -0.3 is 10.6 Å². The minimum absolute atomic E-state index is 0.784. The van der Waals surface area contributed by atoms with Crippen molar-refractivity contribution in [1.29, 1.82) is 0 Å². The molecule has 1 heterocycles. The fraction of sp³-hybridized carbons (Fsp3) is 0.438. The van der Waals surface area contributed by atoms with Crippen LogP contribution in [0.5, 0.6) is 0 Å². The van der Waals surface area contributed by atoms with E-state index >= 15 is 0 Å². The molecule has 1 fully saturated rings. The SMILES string of the molecule is CN(CC1CCCC1)c1ccc(N)c2cc(Br)cnc12. The van der Waals surface area contributed by atoms with Gasteiger partial charge in [0.15, 0.2) is 0 Å². The van der Waals surface area contributed by atoms with Crippen molar-refractivity contribution in [3.63, 3.8) is 0 Å². The van der Waals surface area contributed by atoms with E-state index in [0.717, 1.165) is 33.5 Å². The first-order valence-electron chi connectivity index (χ1n) is 7.20. The van der Waals surface area contributed by atoms with Crippen LogP contribution in [0.3, 0.4) is 0 Å². The summed E-state index contributed by atoms with van der Waals surface area (Å²) in [5.74, 6) is 0.822. The molecule has 2 N–H and O–H groups in total. The van der Waals surface area contributed by atoms with Gasteiger partial charge in [-0.25, -0.2) is 0 Å². The van der Waals surface area contributed by atoms with Gasteiger partial charge in [-0.2, -0.15) is 0 Å². The molecule has 0 saturated heterocycles. The smallest absolute Gasteiger partial charge is 0.0956 e. The zero-order valence-electron chi connectivity index (χ0n) is 11.8. The predicted octanol–water partition coefficient (Wildman–Crippen LogP) is 4.21. The van der Waals surface area contributed by atoms with Crippen molar-refractivity contribution in [1.82, 2.24) is 4.98 Å². The molecule has 1 saturated carbocycles. The first kappa shape index (κ1) is 13.7. The lowest BCUT2D eigenvalue weighted by atomic mass is 10.1. The average molecular weight is 334 g/mol. The van der Waals surface area contributed by atoms with Crippen LogP contribution < -0.4 is 10.6 Å². The number of anilines is 2. The fourth-order valence-electron chi connectivity index (χ4n) is 3.19. The Balaban J connectivity index is 1.96. The van der Waals surface area contributed by atoms with Crippen molar-refractivity contribution in [3.05, 3.63) is 28.9 Å². The third-order valence-corrected chi connectivity index (χ3v) is 4.68. The molecule has 106 valence electrons. The maximum Gasteiger partial charge on any atom is 0.0956 e. The second-order valence-electron chi connectivity index (χ2n) is 5.75. The van der Waals surface area contributed by atoms with E-state index < -0.39 is 0 Å². The number of rotatable bonds is 3. The standard InChI is InChI=1S/C16H20BrN3/c1-20(10-11-4-2-3-5-11)15-7-6-14(18)13-8-12(17)9-19-16(13)15/h6-9,11H,2-5,10,18H2,1H3. The van der Waals surface area contributed by atoms with Crippen LogP contribution >= 0.6 is 15.9 Å². The van der Waals surface area contributed by atoms with Gasteiger partial charge >= 0.3 is 0 Å². The molecule has 0 unspecified atom stereocenters. The van der Waals surface area contributed by atoms with E-state index in [-0.39, 0.29) is 0 Å². The van der Waals surface area contributed by atoms with Gasteiger partial charge in [-0.1, -0.05) is 12.8 Å². The maximum absolute atomic E-state index is 6.08. The number of benzene rings is 1. The highest BCUT2D eigenvalue weighted by molar-refractivity contribution is 9.10. The van der Waals surface area contributed by atoms with E-state index in [0.29, 0.717) is 0 Å². The normalized spacial score (nSPS) is 15.9. The zero-order valence-corrected chi connectivity index (χ0v) is 13.4. The van der Waals surface area contributed by atoms with Crippen LogP contribution in [0.15, 0.2) is 28.9 Å². The lowest BCUT2D eigenvalue weighted by Crippen LogP contribution is -2.24. The summed E-state index contributed by atoms with van der Waals surface area (Å²) in [5.41, 5.74) is 9.03. The van der Waals surface area contributed by atoms with Crippen molar-refractivity contribution in [3.8, 4) is 0 Å². The van der Waals surface area contributed by atoms with E-state index in [2.05, 4.69) is 38.9 Å². The average Bonchev–Trinajstić information content (AvgIpc) is 2.92. The quantitative estimate of drug-likeness (QED) is 0.855. The van der Waals surface area contributed by atoms with E-state index in [1.807, 2.05) is 18.3 Å². The van der Waals surface area contributed by atoms with Crippen LogP contribution in [0.25, 0.3) is 10.9 Å². The van der Waals surface area contributed by atoms with Crippen molar-refractivity contribution in [2.24, 2.45) is 5.92 Å². The van der Waals surface area contributed by atoms with Crippen molar-refractivity contribution >= 4 is 38.2 Å². The Labute approximate surface area is 128 Å². The molecule has 3 rings (SSSR count). The summed E-state index contributed by atoms with van der Waals surface area (Å²) >= 11 is 3.47. The van der Waals surface area contributed by atoms with Crippen LogP contribution in [0, 0.1) is 5.92 Å². The molecule has 1 aliphatic carbocycles. The summed E-state index contributed by atoms with van der Waals surface area (Å²) in [6, 6.07) is 6.12. The second kappa shape index (κ2) is 5.60. The van der Waals surface area contributed by atoms with Gasteiger partial charge in [0.1, 0.15) is 0 Å². The largest absolute Gasteiger partial charge is 0.398 e. The Morgan fingerprint density at radius 3 is 2.85 bits per heavy atom. The Morgan fingerprint density at radius 2 is 2.10 bits per heavy atom. The number of nitrogen functional groups attached to an aromatic ring is 1. The summed E-state index contributed by atoms with van der Waals surface area (Å²) < 4.78 is 0.965. The first-order chi connectivity index (χ1) is 9.65. The van der Waals surface area contributed by atoms with Crippen molar-refractivity contribution < 1.29 is 0 Å². The number of nitrogens with zero attached hydrogens (tertiary/aromatic N) is 2. The minimum atomic E-state index is 0.784. The highest BCUT2D eigenvalue weighted by Crippen LogP contribution is 2.32. The van der Waals surface area contributed by atoms with Crippen LogP contribution in [0.4, 0.5) is 11.4 Å². The number of aromatic nitrogens is 1. The third kappa shape index (κ3) is 2.62. The van der Waals surface area contributed by atoms with Gasteiger partial charge in [0.25, 0.3) is 0 Å². The predicted molar refractivity (Wildman–Crippen MR) is 89.1 cm³/mol. The molecule has 20 heavy (non-hydrogen) atoms. The number of halogens is 1. The number of pyridine rings is 1. The number of hydrogen-bond acceptors (Lipinski definition) is 3. The molecule has 0 amide bonds. The monoisotopic (exact) mass is 333 g/mol. The van der Waals surface area contributed by atoms with Crippen LogP contribution in [-0.2, 0) is 0 Å². The maximum atomic E-state index is 6.08. The van der Waals surface area contributed by atoms with Crippen LogP contribution in [0.1, 0.15) is 25.7 Å². The lowest BCUT2D eigenvalue weighted by Gasteiger charge is -2.24. The van der Waals surface area contributed by atoms with Gasteiger partial charge in [0.05, 0.1) is 11.2 Å². The van der Waals surface area contributed by atoms with Gasteiger partial charge in [0, 0.05) is 35.3 Å². The van der Waals surface area contributed by atoms with Gasteiger partial charge in [-0.3, -0.25) is 4.98 Å². The van der Waals surface area contributed by atoms with Crippen LogP contribution in [0.2, 0.25) is 0 Å². The molecular formula is C16H20BrN3. The molecule has 0 aliphatic heterocycles. The Bertz CT molecular complexity index is 620. The van der Waals surface area contributed by atoms with Gasteiger partial charge in [0.2, 0.25) is 0 Å². The molecule has 4 heteroatoms. The molecule has 3 nitrogen and oxygen atoms in total. The van der Waals surface area contributed by atoms with E-state index in [9.17, 15) is 0 Å². The molecule has 1 aromatic carbocycles. The lowest BCUT2D eigenvalue weighted by molar-refractivity contribution is 0.547. The second-order valence-corrected chi connectivity index (χ2v) is 6.67. The minimum Gasteiger partial charge on any atom is -0.398 e. The summed E-state index contributed by atoms with van der Waals surface area (Å²) in [4.78, 5) is 6.90. The highest BCUT2D eigenvalue weighted by atomic mass is 79.9. The summed E-state index contributed by atoms with van der Waals surface area (Å²) in [7, 11) is 2.16. The number of nitrogens with two attached hydrogens (primary N) is 1. The van der Waals surface area contributed by atoms with Crippen molar-refractivity contribution in [2.75, 3.05) is 24.2 Å². The van der Waals surface area contributed by atoms with E-state index in [1.165, 1.54) is 31.4 Å². The van der Waals surface area contributed by atoms with Crippen molar-refractivity contribution in [2.45, 2.75) is 25.7 Å². The molecule has 0 atom stereocenters. The molecular weight excluding hydrogens is 314 g/mol. The Hall–Kier alpha value is -1.29. The van der Waals surface area contributed by atoms with Gasteiger partial charge in [-0.05, 0) is 52.9 Å². The Morgan fingerprint density at radius 1 is 1.35 bits per heavy atom. The highest BCUT2D eigenvalue weighted by Gasteiger charge is 2.18. The molecule has 0 bridgehead atoms. The summed E-state index contributed by atoms with van der Waals surface area (Å²) in [5, 5.41) is 1.02. The molecule has 2 aromatic rings. The third-order valence-electron chi connectivity index (χ3n) is 4.25. The zero-order chi connectivity index (χ0) is 14.1. The van der Waals surface area contributed by atoms with Crippen LogP contribution in [-0.4, -0.2) is 18.6 Å². The summed E-state index contributed by atoms with van der Waals surface area (Å²) in [6.45, 7) is 1.11. The molecule has 0 spiro atoms. The van der Waals surface area contributed by atoms with Gasteiger partial charge in [-0.15, -0.1) is 0 Å². The fourth-order valence-corrected chi connectivity index (χ4v) is 3.52. The topological polar surface area (TPSA) is 42.1 Å². The van der Waals surface area contributed by atoms with E-state index in [1.54, 1.807) is 0 Å². The van der Waals surface area contributed by atoms with E-state index in [4.69, 9.17) is 5.73 Å². The molecule has 0 radical (unpaired) electrons. The number of hydrogen-bond donors (Lipinski definition) is 1.